The molecule has 0 aliphatic carbocycles. The zero-order valence-corrected chi connectivity index (χ0v) is 14.1. The lowest BCUT2D eigenvalue weighted by atomic mass is 10.2. The molecule has 0 radical (unpaired) electrons. The Kier molecular flexibility index (Phi) is 5.63. The summed E-state index contributed by atoms with van der Waals surface area (Å²) >= 11 is 0. The van der Waals surface area contributed by atoms with Crippen molar-refractivity contribution in [2.24, 2.45) is 0 Å². The third-order valence-electron chi connectivity index (χ3n) is 3.45. The summed E-state index contributed by atoms with van der Waals surface area (Å²) in [6.07, 6.45) is -0.786. The number of halogens is 1. The van der Waals surface area contributed by atoms with Crippen LogP contribution >= 0.6 is 0 Å². The van der Waals surface area contributed by atoms with Crippen LogP contribution in [0.4, 0.5) is 10.1 Å². The summed E-state index contributed by atoms with van der Waals surface area (Å²) in [6, 6.07) is 9.51. The summed E-state index contributed by atoms with van der Waals surface area (Å²) < 4.78 is 29.5. The molecule has 1 atom stereocenters. The molecule has 0 unspecified atom stereocenters. The molecule has 0 fully saturated rings. The van der Waals surface area contributed by atoms with Crippen molar-refractivity contribution in [3.63, 3.8) is 0 Å². The average Bonchev–Trinajstić information content (AvgIpc) is 2.57. The predicted octanol–water partition coefficient (Wildman–Crippen LogP) is 3.56. The van der Waals surface area contributed by atoms with Crippen LogP contribution in [0.15, 0.2) is 36.4 Å². The van der Waals surface area contributed by atoms with Gasteiger partial charge in [0, 0.05) is 23.9 Å². The Labute approximate surface area is 140 Å². The number of hydrogen-bond acceptors (Lipinski definition) is 4. The van der Waals surface area contributed by atoms with Crippen molar-refractivity contribution in [2.75, 3.05) is 19.5 Å². The monoisotopic (exact) mass is 333 g/mol. The Morgan fingerprint density at radius 1 is 1.04 bits per heavy atom. The molecule has 0 bridgehead atoms. The molecule has 1 amide bonds. The third kappa shape index (κ3) is 4.38. The minimum atomic E-state index is -0.786. The summed E-state index contributed by atoms with van der Waals surface area (Å²) in [5, 5.41) is 2.62. The lowest BCUT2D eigenvalue weighted by molar-refractivity contribution is -0.122. The van der Waals surface area contributed by atoms with Crippen LogP contribution in [0.3, 0.4) is 0 Å². The molecule has 0 saturated carbocycles. The summed E-state index contributed by atoms with van der Waals surface area (Å²) in [5.41, 5.74) is 0.891. The molecule has 24 heavy (non-hydrogen) atoms. The summed E-state index contributed by atoms with van der Waals surface area (Å²) in [7, 11) is 3.06. The van der Waals surface area contributed by atoms with E-state index < -0.39 is 6.10 Å². The van der Waals surface area contributed by atoms with Gasteiger partial charge >= 0.3 is 0 Å². The van der Waals surface area contributed by atoms with Gasteiger partial charge in [0.1, 0.15) is 23.1 Å². The van der Waals surface area contributed by atoms with E-state index in [9.17, 15) is 9.18 Å². The molecule has 0 saturated heterocycles. The number of carbonyl (C=O) groups is 1. The van der Waals surface area contributed by atoms with E-state index in [1.807, 2.05) is 0 Å². The first-order valence-electron chi connectivity index (χ1n) is 7.39. The minimum Gasteiger partial charge on any atom is -0.496 e. The van der Waals surface area contributed by atoms with E-state index in [2.05, 4.69) is 5.32 Å². The van der Waals surface area contributed by atoms with Crippen molar-refractivity contribution in [1.82, 2.24) is 0 Å². The maximum absolute atomic E-state index is 13.5. The number of methoxy groups -OCH3 is 2. The van der Waals surface area contributed by atoms with Gasteiger partial charge in [0.25, 0.3) is 5.91 Å². The molecule has 2 aromatic rings. The number of benzene rings is 2. The van der Waals surface area contributed by atoms with E-state index in [4.69, 9.17) is 14.2 Å². The number of nitrogens with one attached hydrogen (secondary N) is 1. The Hall–Kier alpha value is -2.76. The normalized spacial score (nSPS) is 11.5. The van der Waals surface area contributed by atoms with E-state index in [1.54, 1.807) is 44.2 Å². The Morgan fingerprint density at radius 3 is 2.17 bits per heavy atom. The maximum Gasteiger partial charge on any atom is 0.265 e. The number of carbonyl (C=O) groups excluding carboxylic acids is 1. The predicted molar refractivity (Wildman–Crippen MR) is 89.4 cm³/mol. The second-order valence-corrected chi connectivity index (χ2v) is 5.26. The van der Waals surface area contributed by atoms with Gasteiger partial charge in [0.2, 0.25) is 0 Å². The van der Waals surface area contributed by atoms with E-state index >= 15 is 0 Å². The minimum absolute atomic E-state index is 0.376. The highest BCUT2D eigenvalue weighted by molar-refractivity contribution is 5.94. The fourth-order valence-corrected chi connectivity index (χ4v) is 2.02. The van der Waals surface area contributed by atoms with Crippen LogP contribution in [0.25, 0.3) is 0 Å². The van der Waals surface area contributed by atoms with E-state index in [0.29, 0.717) is 28.5 Å². The van der Waals surface area contributed by atoms with E-state index in [-0.39, 0.29) is 11.7 Å². The quantitative estimate of drug-likeness (QED) is 0.878. The fraction of sp³-hybridized carbons (Fsp3) is 0.278. The molecule has 2 rings (SSSR count). The topological polar surface area (TPSA) is 56.8 Å². The molecule has 128 valence electrons. The van der Waals surface area contributed by atoms with Crippen molar-refractivity contribution in [3.8, 4) is 17.2 Å². The van der Waals surface area contributed by atoms with E-state index in [0.717, 1.165) is 0 Å². The number of ether oxygens (including phenoxy) is 3. The SMILES string of the molecule is COc1cc(OC)cc(O[C@H](C)C(=O)Nc2ccc(C)c(F)c2)c1. The zero-order valence-electron chi connectivity index (χ0n) is 14.1. The van der Waals surface area contributed by atoms with Gasteiger partial charge in [0.05, 0.1) is 14.2 Å². The Balaban J connectivity index is 2.07. The summed E-state index contributed by atoms with van der Waals surface area (Å²) in [4.78, 5) is 12.2. The highest BCUT2D eigenvalue weighted by Gasteiger charge is 2.16. The van der Waals surface area contributed by atoms with Crippen molar-refractivity contribution >= 4 is 11.6 Å². The van der Waals surface area contributed by atoms with Gasteiger partial charge < -0.3 is 19.5 Å². The first-order chi connectivity index (χ1) is 11.4. The van der Waals surface area contributed by atoms with Crippen LogP contribution in [0.5, 0.6) is 17.2 Å². The van der Waals surface area contributed by atoms with Gasteiger partial charge in [-0.05, 0) is 31.5 Å². The second-order valence-electron chi connectivity index (χ2n) is 5.26. The number of rotatable bonds is 6. The third-order valence-corrected chi connectivity index (χ3v) is 3.45. The molecule has 0 aliphatic heterocycles. The maximum atomic E-state index is 13.5. The number of hydrogen-bond donors (Lipinski definition) is 1. The van der Waals surface area contributed by atoms with E-state index in [1.165, 1.54) is 20.3 Å². The van der Waals surface area contributed by atoms with Crippen LogP contribution in [-0.4, -0.2) is 26.2 Å². The van der Waals surface area contributed by atoms with Crippen LogP contribution in [0, 0.1) is 12.7 Å². The van der Waals surface area contributed by atoms with Crippen molar-refractivity contribution in [3.05, 3.63) is 47.8 Å². The van der Waals surface area contributed by atoms with Gasteiger partial charge in [0.15, 0.2) is 6.10 Å². The van der Waals surface area contributed by atoms with Crippen LogP contribution in [-0.2, 0) is 4.79 Å². The fourth-order valence-electron chi connectivity index (χ4n) is 2.02. The van der Waals surface area contributed by atoms with Gasteiger partial charge in [-0.1, -0.05) is 6.07 Å². The lowest BCUT2D eigenvalue weighted by Gasteiger charge is -2.16. The molecular weight excluding hydrogens is 313 g/mol. The second kappa shape index (κ2) is 7.68. The molecule has 0 aliphatic rings. The van der Waals surface area contributed by atoms with Crippen LogP contribution < -0.4 is 19.5 Å². The average molecular weight is 333 g/mol. The first kappa shape index (κ1) is 17.6. The largest absolute Gasteiger partial charge is 0.496 e. The summed E-state index contributed by atoms with van der Waals surface area (Å²) in [5.74, 6) is 0.776. The zero-order chi connectivity index (χ0) is 17.7. The highest BCUT2D eigenvalue weighted by Crippen LogP contribution is 2.28. The van der Waals surface area contributed by atoms with Gasteiger partial charge in [-0.15, -0.1) is 0 Å². The molecule has 0 aromatic heterocycles. The molecule has 0 spiro atoms. The van der Waals surface area contributed by atoms with Gasteiger partial charge in [-0.25, -0.2) is 4.39 Å². The number of anilines is 1. The molecular formula is C18H20FNO4. The van der Waals surface area contributed by atoms with Crippen molar-refractivity contribution < 1.29 is 23.4 Å². The Morgan fingerprint density at radius 2 is 1.62 bits per heavy atom. The van der Waals surface area contributed by atoms with Crippen molar-refractivity contribution in [1.29, 1.82) is 0 Å². The van der Waals surface area contributed by atoms with Crippen molar-refractivity contribution in [2.45, 2.75) is 20.0 Å². The number of amides is 1. The van der Waals surface area contributed by atoms with Crippen LogP contribution in [0.1, 0.15) is 12.5 Å². The molecule has 1 N–H and O–H groups in total. The number of aryl methyl sites for hydroxylation is 1. The molecule has 5 nitrogen and oxygen atoms in total. The summed E-state index contributed by atoms with van der Waals surface area (Å²) in [6.45, 7) is 3.26. The smallest absolute Gasteiger partial charge is 0.265 e. The standard InChI is InChI=1S/C18H20FNO4/c1-11-5-6-13(7-17(11)19)20-18(21)12(2)24-16-9-14(22-3)8-15(10-16)23-4/h5-10,12H,1-4H3,(H,20,21)/t12-/m1/s1. The van der Waals surface area contributed by atoms with Gasteiger partial charge in [-0.3, -0.25) is 4.79 Å². The Bertz CT molecular complexity index is 711. The lowest BCUT2D eigenvalue weighted by Crippen LogP contribution is -2.30. The molecule has 6 heteroatoms. The molecule has 2 aromatic carbocycles. The molecule has 0 heterocycles. The highest BCUT2D eigenvalue weighted by atomic mass is 19.1. The first-order valence-corrected chi connectivity index (χ1v) is 7.39. The van der Waals surface area contributed by atoms with Crippen LogP contribution in [0.2, 0.25) is 0 Å². The van der Waals surface area contributed by atoms with Gasteiger partial charge in [-0.2, -0.15) is 0 Å².